The minimum absolute atomic E-state index is 0.253. The van der Waals surface area contributed by atoms with E-state index >= 15 is 0 Å². The third-order valence-electron chi connectivity index (χ3n) is 4.10. The molecule has 0 spiro atoms. The summed E-state index contributed by atoms with van der Waals surface area (Å²) in [4.78, 5) is 50.2. The standard InChI is InChI=1S/C16H15N3O6/c1-8(20)19-13-11(12(17-19)16(23)25-3)14(21)18(15(13)22)9-4-6-10(24-2)7-5-9/h4-7,11,13H,1-3H3/t11-,13+/m1/s1. The first kappa shape index (κ1) is 16.6. The van der Waals surface area contributed by atoms with Gasteiger partial charge in [-0.15, -0.1) is 0 Å². The van der Waals surface area contributed by atoms with E-state index in [9.17, 15) is 19.2 Å². The van der Waals surface area contributed by atoms with E-state index in [1.54, 1.807) is 24.3 Å². The summed E-state index contributed by atoms with van der Waals surface area (Å²) in [6.45, 7) is 1.20. The van der Waals surface area contributed by atoms with E-state index in [1.807, 2.05) is 0 Å². The molecule has 2 atom stereocenters. The largest absolute Gasteiger partial charge is 0.497 e. The number of nitrogens with zero attached hydrogens (tertiary/aromatic N) is 3. The summed E-state index contributed by atoms with van der Waals surface area (Å²) in [5.41, 5.74) is 0.0648. The Morgan fingerprint density at radius 3 is 2.24 bits per heavy atom. The molecule has 0 bridgehead atoms. The van der Waals surface area contributed by atoms with Crippen molar-refractivity contribution in [1.29, 1.82) is 0 Å². The number of fused-ring (bicyclic) bond motifs is 1. The maximum atomic E-state index is 12.8. The third kappa shape index (κ3) is 2.44. The maximum Gasteiger partial charge on any atom is 0.355 e. The number of benzene rings is 1. The van der Waals surface area contributed by atoms with Gasteiger partial charge < -0.3 is 9.47 Å². The Labute approximate surface area is 142 Å². The number of hydrazone groups is 1. The lowest BCUT2D eigenvalue weighted by Crippen LogP contribution is -2.41. The molecule has 2 aliphatic heterocycles. The number of imide groups is 1. The number of rotatable bonds is 3. The Bertz CT molecular complexity index is 801. The second kappa shape index (κ2) is 6.00. The predicted octanol–water partition coefficient (Wildman–Crippen LogP) is -0.0557. The lowest BCUT2D eigenvalue weighted by Gasteiger charge is -2.19. The Kier molecular flexibility index (Phi) is 3.99. The average Bonchev–Trinajstić information content (AvgIpc) is 3.12. The molecule has 3 amide bonds. The molecule has 0 N–H and O–H groups in total. The zero-order chi connectivity index (χ0) is 18.3. The Morgan fingerprint density at radius 1 is 1.08 bits per heavy atom. The van der Waals surface area contributed by atoms with Crippen LogP contribution in [0.4, 0.5) is 5.69 Å². The van der Waals surface area contributed by atoms with Gasteiger partial charge in [-0.25, -0.2) is 14.7 Å². The lowest BCUT2D eigenvalue weighted by molar-refractivity contribution is -0.136. The number of esters is 1. The highest BCUT2D eigenvalue weighted by Gasteiger charge is 2.59. The smallest absolute Gasteiger partial charge is 0.355 e. The predicted molar refractivity (Wildman–Crippen MR) is 84.7 cm³/mol. The van der Waals surface area contributed by atoms with Crippen molar-refractivity contribution in [3.05, 3.63) is 24.3 Å². The first-order valence-electron chi connectivity index (χ1n) is 7.39. The SMILES string of the molecule is COC(=O)C1=NN(C(C)=O)[C@@H]2C(=O)N(c3ccc(OC)cc3)C(=O)[C@H]12. The number of hydrogen-bond donors (Lipinski definition) is 0. The molecule has 9 heteroatoms. The fourth-order valence-electron chi connectivity index (χ4n) is 2.93. The molecule has 0 aliphatic carbocycles. The Morgan fingerprint density at radius 2 is 1.72 bits per heavy atom. The number of amides is 3. The number of carbonyl (C=O) groups is 4. The first-order chi connectivity index (χ1) is 11.9. The number of methoxy groups -OCH3 is 2. The van der Waals surface area contributed by atoms with Gasteiger partial charge in [0.05, 0.1) is 19.9 Å². The second-order valence-corrected chi connectivity index (χ2v) is 5.47. The molecule has 0 saturated carbocycles. The van der Waals surface area contributed by atoms with Crippen LogP contribution < -0.4 is 9.64 Å². The van der Waals surface area contributed by atoms with Crippen LogP contribution in [0, 0.1) is 5.92 Å². The van der Waals surface area contributed by atoms with E-state index in [-0.39, 0.29) is 5.71 Å². The molecule has 1 aromatic rings. The highest BCUT2D eigenvalue weighted by Crippen LogP contribution is 2.35. The van der Waals surface area contributed by atoms with Gasteiger partial charge in [0.1, 0.15) is 11.7 Å². The maximum absolute atomic E-state index is 12.8. The Hall–Kier alpha value is -3.23. The van der Waals surface area contributed by atoms with E-state index in [4.69, 9.17) is 4.74 Å². The molecule has 130 valence electrons. The fourth-order valence-corrected chi connectivity index (χ4v) is 2.93. The molecule has 0 unspecified atom stereocenters. The quantitative estimate of drug-likeness (QED) is 0.561. The minimum Gasteiger partial charge on any atom is -0.497 e. The van der Waals surface area contributed by atoms with Crippen molar-refractivity contribution in [1.82, 2.24) is 5.01 Å². The van der Waals surface area contributed by atoms with Crippen LogP contribution in [0.1, 0.15) is 6.92 Å². The summed E-state index contributed by atoms with van der Waals surface area (Å²) < 4.78 is 9.67. The van der Waals surface area contributed by atoms with E-state index in [2.05, 4.69) is 9.84 Å². The summed E-state index contributed by atoms with van der Waals surface area (Å²) in [6.07, 6.45) is 0. The molecule has 2 heterocycles. The molecule has 0 aromatic heterocycles. The van der Waals surface area contributed by atoms with Gasteiger partial charge in [-0.2, -0.15) is 5.10 Å². The number of carbonyl (C=O) groups excluding carboxylic acids is 4. The van der Waals surface area contributed by atoms with Crippen molar-refractivity contribution in [2.24, 2.45) is 11.0 Å². The molecule has 3 rings (SSSR count). The van der Waals surface area contributed by atoms with Crippen molar-refractivity contribution in [3.8, 4) is 5.75 Å². The number of ether oxygens (including phenoxy) is 2. The highest BCUT2D eigenvalue weighted by atomic mass is 16.5. The zero-order valence-electron chi connectivity index (χ0n) is 13.8. The van der Waals surface area contributed by atoms with Gasteiger partial charge >= 0.3 is 5.97 Å². The average molecular weight is 345 g/mol. The monoisotopic (exact) mass is 345 g/mol. The van der Waals surface area contributed by atoms with Gasteiger partial charge in [0, 0.05) is 6.92 Å². The molecule has 1 saturated heterocycles. The van der Waals surface area contributed by atoms with E-state index in [0.29, 0.717) is 11.4 Å². The van der Waals surface area contributed by atoms with Crippen LogP contribution in [0.5, 0.6) is 5.75 Å². The van der Waals surface area contributed by atoms with Crippen LogP contribution >= 0.6 is 0 Å². The van der Waals surface area contributed by atoms with Gasteiger partial charge in [0.15, 0.2) is 11.8 Å². The van der Waals surface area contributed by atoms with Gasteiger partial charge in [0.2, 0.25) is 11.8 Å². The van der Waals surface area contributed by atoms with Crippen molar-refractivity contribution < 1.29 is 28.7 Å². The normalized spacial score (nSPS) is 22.0. The van der Waals surface area contributed by atoms with Gasteiger partial charge in [-0.3, -0.25) is 14.4 Å². The summed E-state index contributed by atoms with van der Waals surface area (Å²) in [7, 11) is 2.63. The van der Waals surface area contributed by atoms with Gasteiger partial charge in [-0.05, 0) is 24.3 Å². The van der Waals surface area contributed by atoms with Crippen LogP contribution in [0.3, 0.4) is 0 Å². The minimum atomic E-state index is -1.18. The van der Waals surface area contributed by atoms with Crippen LogP contribution in [0.15, 0.2) is 29.4 Å². The third-order valence-corrected chi connectivity index (χ3v) is 4.10. The second-order valence-electron chi connectivity index (χ2n) is 5.47. The molecule has 1 aromatic carbocycles. The molecule has 0 radical (unpaired) electrons. The van der Waals surface area contributed by atoms with Crippen LogP contribution in [0.2, 0.25) is 0 Å². The van der Waals surface area contributed by atoms with Crippen molar-refractivity contribution in [3.63, 3.8) is 0 Å². The first-order valence-corrected chi connectivity index (χ1v) is 7.39. The van der Waals surface area contributed by atoms with Crippen LogP contribution in [-0.4, -0.2) is 54.7 Å². The van der Waals surface area contributed by atoms with E-state index in [0.717, 1.165) is 17.0 Å². The summed E-state index contributed by atoms with van der Waals surface area (Å²) in [6, 6.07) is 5.11. The molecular weight excluding hydrogens is 330 g/mol. The number of anilines is 1. The topological polar surface area (TPSA) is 106 Å². The van der Waals surface area contributed by atoms with Gasteiger partial charge in [-0.1, -0.05) is 0 Å². The van der Waals surface area contributed by atoms with Crippen LogP contribution in [-0.2, 0) is 23.9 Å². The molecular formula is C16H15N3O6. The van der Waals surface area contributed by atoms with E-state index in [1.165, 1.54) is 14.0 Å². The zero-order valence-corrected chi connectivity index (χ0v) is 13.8. The van der Waals surface area contributed by atoms with Crippen molar-refractivity contribution in [2.75, 3.05) is 19.1 Å². The van der Waals surface area contributed by atoms with Crippen molar-refractivity contribution >= 4 is 35.1 Å². The van der Waals surface area contributed by atoms with Crippen molar-refractivity contribution in [2.45, 2.75) is 13.0 Å². The highest BCUT2D eigenvalue weighted by molar-refractivity contribution is 6.47. The molecule has 9 nitrogen and oxygen atoms in total. The lowest BCUT2D eigenvalue weighted by atomic mass is 9.98. The summed E-state index contributed by atoms with van der Waals surface area (Å²) >= 11 is 0. The molecule has 1 fully saturated rings. The fraction of sp³-hybridized carbons (Fsp3) is 0.312. The van der Waals surface area contributed by atoms with Crippen LogP contribution in [0.25, 0.3) is 0 Å². The van der Waals surface area contributed by atoms with Gasteiger partial charge in [0.25, 0.3) is 5.91 Å². The molecule has 25 heavy (non-hydrogen) atoms. The summed E-state index contributed by atoms with van der Waals surface area (Å²) in [5, 5.41) is 4.70. The summed E-state index contributed by atoms with van der Waals surface area (Å²) in [5.74, 6) is -3.27. The number of hydrogen-bond acceptors (Lipinski definition) is 7. The molecule has 2 aliphatic rings. The Balaban J connectivity index is 2.02. The van der Waals surface area contributed by atoms with E-state index < -0.39 is 35.7 Å².